The summed E-state index contributed by atoms with van der Waals surface area (Å²) in [6.07, 6.45) is 10.7. The van der Waals surface area contributed by atoms with Crippen LogP contribution in [0.4, 0.5) is 11.8 Å². The largest absolute Gasteiger partial charge is 0.494 e. The molecule has 0 fully saturated rings. The van der Waals surface area contributed by atoms with Gasteiger partial charge in [0.05, 0.1) is 25.2 Å². The van der Waals surface area contributed by atoms with E-state index >= 15 is 0 Å². The minimum Gasteiger partial charge on any atom is -0.494 e. The minimum atomic E-state index is 0.273. The van der Waals surface area contributed by atoms with Gasteiger partial charge in [0, 0.05) is 43.4 Å². The highest BCUT2D eigenvalue weighted by Crippen LogP contribution is 2.32. The Morgan fingerprint density at radius 1 is 1.06 bits per heavy atom. The van der Waals surface area contributed by atoms with E-state index in [-0.39, 0.29) is 6.04 Å². The SMILES string of the molecule is COc1cnc(Nc2nc(-c3nccn3C)nn3cc(-c4ccn(C(C)C)n4)c(C)c23)nc1. The fourth-order valence-corrected chi connectivity index (χ4v) is 3.61. The predicted molar refractivity (Wildman–Crippen MR) is 123 cm³/mol. The maximum Gasteiger partial charge on any atom is 0.228 e. The number of nitrogens with one attached hydrogen (secondary N) is 1. The zero-order valence-corrected chi connectivity index (χ0v) is 19.1. The van der Waals surface area contributed by atoms with Crippen LogP contribution in [0.2, 0.25) is 0 Å². The molecule has 0 bridgehead atoms. The maximum absolute atomic E-state index is 5.16. The molecule has 0 radical (unpaired) electrons. The van der Waals surface area contributed by atoms with E-state index in [1.165, 1.54) is 0 Å². The summed E-state index contributed by atoms with van der Waals surface area (Å²) in [7, 11) is 3.48. The first-order valence-corrected chi connectivity index (χ1v) is 10.5. The Balaban J connectivity index is 1.67. The first-order valence-electron chi connectivity index (χ1n) is 10.5. The summed E-state index contributed by atoms with van der Waals surface area (Å²) >= 11 is 0. The van der Waals surface area contributed by atoms with Crippen LogP contribution in [0.3, 0.4) is 0 Å². The first-order chi connectivity index (χ1) is 15.9. The molecule has 0 unspecified atom stereocenters. The third kappa shape index (κ3) is 3.67. The van der Waals surface area contributed by atoms with Crippen molar-refractivity contribution in [2.75, 3.05) is 12.4 Å². The monoisotopic (exact) mass is 444 g/mol. The van der Waals surface area contributed by atoms with Gasteiger partial charge in [-0.15, -0.1) is 5.10 Å². The molecule has 0 aliphatic carbocycles. The summed E-state index contributed by atoms with van der Waals surface area (Å²) in [5.74, 6) is 2.66. The van der Waals surface area contributed by atoms with Crippen molar-refractivity contribution in [1.82, 2.24) is 43.9 Å². The van der Waals surface area contributed by atoms with Crippen LogP contribution in [0.15, 0.2) is 43.2 Å². The Morgan fingerprint density at radius 2 is 1.85 bits per heavy atom. The molecule has 0 saturated carbocycles. The molecule has 0 aliphatic heterocycles. The number of methoxy groups -OCH3 is 1. The van der Waals surface area contributed by atoms with Gasteiger partial charge in [-0.1, -0.05) is 0 Å². The maximum atomic E-state index is 5.16. The van der Waals surface area contributed by atoms with Crippen LogP contribution in [0.1, 0.15) is 25.5 Å². The Hall–Kier alpha value is -4.28. The first kappa shape index (κ1) is 20.6. The van der Waals surface area contributed by atoms with Crippen molar-refractivity contribution in [2.24, 2.45) is 7.05 Å². The number of anilines is 2. The van der Waals surface area contributed by atoms with Gasteiger partial charge in [0.15, 0.2) is 17.4 Å². The molecular formula is C22H24N10O. The molecule has 0 atom stereocenters. The molecule has 0 amide bonds. The quantitative estimate of drug-likeness (QED) is 0.424. The fourth-order valence-electron chi connectivity index (χ4n) is 3.61. The molecule has 5 aromatic rings. The molecule has 0 spiro atoms. The standard InChI is InChI=1S/C22H24N10O/c1-13(2)31-8-6-17(28-31)16-12-32-18(14(16)3)19(27-22-24-10-15(33-5)11-25-22)26-20(29-32)21-23-7-9-30(21)4/h6-13H,1-5H3,(H,24,25,26,27,29). The molecule has 5 heterocycles. The third-order valence-electron chi connectivity index (χ3n) is 5.41. The number of rotatable bonds is 6. The highest BCUT2D eigenvalue weighted by molar-refractivity contribution is 5.83. The van der Waals surface area contributed by atoms with E-state index in [1.54, 1.807) is 25.7 Å². The Labute approximate surface area is 190 Å². The second-order valence-electron chi connectivity index (χ2n) is 7.95. The van der Waals surface area contributed by atoms with Crippen molar-refractivity contribution in [2.45, 2.75) is 26.8 Å². The molecule has 0 aromatic carbocycles. The van der Waals surface area contributed by atoms with Crippen molar-refractivity contribution in [3.63, 3.8) is 0 Å². The fraction of sp³-hybridized carbons (Fsp3) is 0.273. The molecule has 11 heteroatoms. The molecular weight excluding hydrogens is 420 g/mol. The molecule has 0 saturated heterocycles. The van der Waals surface area contributed by atoms with Crippen LogP contribution in [-0.2, 0) is 7.05 Å². The van der Waals surface area contributed by atoms with Gasteiger partial charge in [0.25, 0.3) is 0 Å². The lowest BCUT2D eigenvalue weighted by Gasteiger charge is -2.10. The van der Waals surface area contributed by atoms with Crippen molar-refractivity contribution in [3.8, 4) is 28.7 Å². The van der Waals surface area contributed by atoms with Gasteiger partial charge < -0.3 is 14.6 Å². The lowest BCUT2D eigenvalue weighted by atomic mass is 10.1. The molecule has 5 aromatic heterocycles. The van der Waals surface area contributed by atoms with Gasteiger partial charge in [0.1, 0.15) is 5.52 Å². The molecule has 168 valence electrons. The number of nitrogens with zero attached hydrogens (tertiary/aromatic N) is 9. The number of aryl methyl sites for hydroxylation is 2. The van der Waals surface area contributed by atoms with Crippen LogP contribution >= 0.6 is 0 Å². The summed E-state index contributed by atoms with van der Waals surface area (Å²) in [6, 6.07) is 2.28. The topological polar surface area (TPSA) is 113 Å². The van der Waals surface area contributed by atoms with Crippen molar-refractivity contribution >= 4 is 17.3 Å². The molecule has 0 aliphatic rings. The highest BCUT2D eigenvalue weighted by Gasteiger charge is 2.20. The second kappa shape index (κ2) is 8.01. The van der Waals surface area contributed by atoms with Crippen LogP contribution in [0, 0.1) is 6.92 Å². The van der Waals surface area contributed by atoms with Crippen molar-refractivity contribution in [3.05, 3.63) is 48.8 Å². The summed E-state index contributed by atoms with van der Waals surface area (Å²) in [5, 5.41) is 12.7. The van der Waals surface area contributed by atoms with E-state index in [0.29, 0.717) is 29.2 Å². The average Bonchev–Trinajstić information content (AvgIpc) is 3.53. The van der Waals surface area contributed by atoms with Gasteiger partial charge in [-0.3, -0.25) is 4.68 Å². The van der Waals surface area contributed by atoms with E-state index < -0.39 is 0 Å². The summed E-state index contributed by atoms with van der Waals surface area (Å²) in [4.78, 5) is 17.8. The Morgan fingerprint density at radius 3 is 2.48 bits per heavy atom. The number of fused-ring (bicyclic) bond motifs is 1. The Kier molecular flexibility index (Phi) is 5.00. The van der Waals surface area contributed by atoms with Crippen LogP contribution in [0.5, 0.6) is 5.75 Å². The van der Waals surface area contributed by atoms with E-state index in [9.17, 15) is 0 Å². The predicted octanol–water partition coefficient (Wildman–Crippen LogP) is 3.42. The van der Waals surface area contributed by atoms with Gasteiger partial charge >= 0.3 is 0 Å². The number of imidazole rings is 1. The summed E-state index contributed by atoms with van der Waals surface area (Å²) < 4.78 is 10.8. The van der Waals surface area contributed by atoms with E-state index in [0.717, 1.165) is 22.3 Å². The molecule has 1 N–H and O–H groups in total. The molecule has 11 nitrogen and oxygen atoms in total. The van der Waals surface area contributed by atoms with Crippen LogP contribution < -0.4 is 10.1 Å². The summed E-state index contributed by atoms with van der Waals surface area (Å²) in [5.41, 5.74) is 3.64. The van der Waals surface area contributed by atoms with Crippen molar-refractivity contribution in [1.29, 1.82) is 0 Å². The van der Waals surface area contributed by atoms with E-state index in [1.807, 2.05) is 52.4 Å². The van der Waals surface area contributed by atoms with Gasteiger partial charge in [-0.25, -0.2) is 24.5 Å². The lowest BCUT2D eigenvalue weighted by molar-refractivity contribution is 0.411. The second-order valence-corrected chi connectivity index (χ2v) is 7.95. The van der Waals surface area contributed by atoms with E-state index in [4.69, 9.17) is 19.9 Å². The van der Waals surface area contributed by atoms with Crippen LogP contribution in [0.25, 0.3) is 28.4 Å². The number of aromatic nitrogens is 9. The smallest absolute Gasteiger partial charge is 0.228 e. The van der Waals surface area contributed by atoms with Gasteiger partial charge in [-0.05, 0) is 32.4 Å². The van der Waals surface area contributed by atoms with E-state index in [2.05, 4.69) is 34.1 Å². The minimum absolute atomic E-state index is 0.273. The van der Waals surface area contributed by atoms with Gasteiger partial charge in [0.2, 0.25) is 11.8 Å². The Bertz CT molecular complexity index is 1430. The van der Waals surface area contributed by atoms with Gasteiger partial charge in [-0.2, -0.15) is 5.10 Å². The normalized spacial score (nSPS) is 11.5. The third-order valence-corrected chi connectivity index (χ3v) is 5.41. The zero-order chi connectivity index (χ0) is 23.1. The summed E-state index contributed by atoms with van der Waals surface area (Å²) in [6.45, 7) is 6.23. The number of hydrogen-bond acceptors (Lipinski definition) is 8. The molecule has 33 heavy (non-hydrogen) atoms. The van der Waals surface area contributed by atoms with Crippen LogP contribution in [-0.4, -0.2) is 51.0 Å². The average molecular weight is 445 g/mol. The number of hydrogen-bond donors (Lipinski definition) is 1. The lowest BCUT2D eigenvalue weighted by Crippen LogP contribution is -2.07. The highest BCUT2D eigenvalue weighted by atomic mass is 16.5. The zero-order valence-electron chi connectivity index (χ0n) is 19.1. The molecule has 5 rings (SSSR count). The van der Waals surface area contributed by atoms with Crippen molar-refractivity contribution < 1.29 is 4.74 Å². The number of ether oxygens (including phenoxy) is 1.